The summed E-state index contributed by atoms with van der Waals surface area (Å²) in [6, 6.07) is 1.13. The van der Waals surface area contributed by atoms with Crippen LogP contribution in [0.4, 0.5) is 0 Å². The van der Waals surface area contributed by atoms with Crippen LogP contribution in [-0.4, -0.2) is 39.6 Å². The van der Waals surface area contributed by atoms with Gasteiger partial charge in [-0.15, -0.1) is 0 Å². The van der Waals surface area contributed by atoms with Gasteiger partial charge in [0.1, 0.15) is 15.9 Å². The number of sulfonamides is 1. The highest BCUT2D eigenvalue weighted by atomic mass is 32.2. The van der Waals surface area contributed by atoms with Crippen LogP contribution < -0.4 is 4.72 Å². The summed E-state index contributed by atoms with van der Waals surface area (Å²) >= 11 is 0. The molecular formula is C10H18N2O4S2. The lowest BCUT2D eigenvalue weighted by Crippen LogP contribution is -2.45. The molecule has 1 rings (SSSR count). The number of hydrogen-bond acceptors (Lipinski definition) is 5. The molecule has 1 unspecified atom stereocenters. The van der Waals surface area contributed by atoms with E-state index in [-0.39, 0.29) is 30.3 Å². The van der Waals surface area contributed by atoms with Gasteiger partial charge in [0.25, 0.3) is 0 Å². The van der Waals surface area contributed by atoms with Crippen molar-refractivity contribution in [2.45, 2.75) is 38.0 Å². The second kappa shape index (κ2) is 5.55. The second-order valence-electron chi connectivity index (χ2n) is 4.86. The smallest absolute Gasteiger partial charge is 0.215 e. The van der Waals surface area contributed by atoms with E-state index in [0.29, 0.717) is 0 Å². The van der Waals surface area contributed by atoms with Crippen LogP contribution in [0.3, 0.4) is 0 Å². The normalized spacial score (nSPS) is 22.6. The monoisotopic (exact) mass is 294 g/mol. The predicted molar refractivity (Wildman–Crippen MR) is 68.0 cm³/mol. The average molecular weight is 294 g/mol. The molecule has 0 amide bonds. The van der Waals surface area contributed by atoms with Gasteiger partial charge >= 0.3 is 0 Å². The number of nitriles is 1. The van der Waals surface area contributed by atoms with Crippen molar-refractivity contribution < 1.29 is 16.8 Å². The van der Waals surface area contributed by atoms with E-state index in [1.165, 1.54) is 0 Å². The van der Waals surface area contributed by atoms with Gasteiger partial charge in [-0.1, -0.05) is 13.8 Å². The second-order valence-corrected chi connectivity index (χ2v) is 9.16. The first-order chi connectivity index (χ1) is 8.18. The van der Waals surface area contributed by atoms with Gasteiger partial charge in [0.2, 0.25) is 10.0 Å². The minimum Gasteiger partial charge on any atom is -0.229 e. The first-order valence-electron chi connectivity index (χ1n) is 5.79. The van der Waals surface area contributed by atoms with Crippen molar-refractivity contribution >= 4 is 19.9 Å². The number of nitrogens with one attached hydrogen (secondary N) is 1. The molecular weight excluding hydrogens is 276 g/mol. The van der Waals surface area contributed by atoms with E-state index in [2.05, 4.69) is 4.72 Å². The van der Waals surface area contributed by atoms with Gasteiger partial charge in [0.05, 0.1) is 22.8 Å². The Morgan fingerprint density at radius 3 is 2.17 bits per heavy atom. The van der Waals surface area contributed by atoms with Crippen LogP contribution in [0.2, 0.25) is 0 Å². The van der Waals surface area contributed by atoms with E-state index in [1.54, 1.807) is 13.8 Å². The molecule has 1 aliphatic heterocycles. The Labute approximate surface area is 108 Å². The molecule has 0 radical (unpaired) electrons. The fourth-order valence-corrected chi connectivity index (χ4v) is 5.28. The Balaban J connectivity index is 2.74. The number of nitrogens with zero attached hydrogens (tertiary/aromatic N) is 1. The summed E-state index contributed by atoms with van der Waals surface area (Å²) in [5.74, 6) is -0.327. The maximum absolute atomic E-state index is 12.0. The van der Waals surface area contributed by atoms with E-state index in [4.69, 9.17) is 5.26 Å². The van der Waals surface area contributed by atoms with Gasteiger partial charge in [-0.05, 0) is 18.8 Å². The summed E-state index contributed by atoms with van der Waals surface area (Å²) in [4.78, 5) is 0. The lowest BCUT2D eigenvalue weighted by Gasteiger charge is -2.24. The van der Waals surface area contributed by atoms with Crippen molar-refractivity contribution in [1.29, 1.82) is 5.26 Å². The molecule has 0 saturated carbocycles. The van der Waals surface area contributed by atoms with Gasteiger partial charge in [0.15, 0.2) is 0 Å². The molecule has 0 aromatic rings. The quantitative estimate of drug-likeness (QED) is 0.787. The molecule has 8 heteroatoms. The molecule has 1 heterocycles. The molecule has 18 heavy (non-hydrogen) atoms. The Morgan fingerprint density at radius 2 is 1.78 bits per heavy atom. The predicted octanol–water partition coefficient (Wildman–Crippen LogP) is 0.0312. The molecule has 0 aromatic heterocycles. The maximum Gasteiger partial charge on any atom is 0.215 e. The summed E-state index contributed by atoms with van der Waals surface area (Å²) in [6.07, 6.45) is 0.210. The molecule has 1 fully saturated rings. The number of rotatable bonds is 4. The number of sulfone groups is 1. The largest absolute Gasteiger partial charge is 0.229 e. The van der Waals surface area contributed by atoms with Crippen LogP contribution in [0, 0.1) is 17.2 Å². The first kappa shape index (κ1) is 15.4. The molecule has 1 N–H and O–H groups in total. The SMILES string of the molecule is CC(C)C(C#N)NS(=O)(=O)C1CCS(=O)(=O)CC1. The van der Waals surface area contributed by atoms with Crippen LogP contribution in [0.25, 0.3) is 0 Å². The Kier molecular flexibility index (Phi) is 4.75. The zero-order valence-corrected chi connectivity index (χ0v) is 12.1. The third-order valence-electron chi connectivity index (χ3n) is 3.04. The van der Waals surface area contributed by atoms with Gasteiger partial charge in [0, 0.05) is 0 Å². The van der Waals surface area contributed by atoms with E-state index in [0.717, 1.165) is 0 Å². The third-order valence-corrected chi connectivity index (χ3v) is 6.68. The standard InChI is InChI=1S/C10H18N2O4S2/c1-8(2)10(7-11)12-18(15,16)9-3-5-17(13,14)6-4-9/h8-10,12H,3-6H2,1-2H3. The Hall–Kier alpha value is -0.650. The zero-order valence-electron chi connectivity index (χ0n) is 10.5. The fraction of sp³-hybridized carbons (Fsp3) is 0.900. The third kappa shape index (κ3) is 3.93. The summed E-state index contributed by atoms with van der Waals surface area (Å²) < 4.78 is 48.9. The van der Waals surface area contributed by atoms with Crippen molar-refractivity contribution in [2.24, 2.45) is 5.92 Å². The summed E-state index contributed by atoms with van der Waals surface area (Å²) in [6.45, 7) is 3.50. The van der Waals surface area contributed by atoms with E-state index in [1.807, 2.05) is 6.07 Å². The highest BCUT2D eigenvalue weighted by Gasteiger charge is 2.34. The zero-order chi connectivity index (χ0) is 14.0. The van der Waals surface area contributed by atoms with Gasteiger partial charge < -0.3 is 0 Å². The summed E-state index contributed by atoms with van der Waals surface area (Å²) in [5, 5.41) is 8.16. The van der Waals surface area contributed by atoms with Crippen LogP contribution in [0.1, 0.15) is 26.7 Å². The molecule has 0 aromatic carbocycles. The first-order valence-corrected chi connectivity index (χ1v) is 9.16. The van der Waals surface area contributed by atoms with E-state index < -0.39 is 31.2 Å². The molecule has 1 saturated heterocycles. The molecule has 0 spiro atoms. The van der Waals surface area contributed by atoms with E-state index >= 15 is 0 Å². The van der Waals surface area contributed by atoms with Crippen molar-refractivity contribution in [3.63, 3.8) is 0 Å². The highest BCUT2D eigenvalue weighted by Crippen LogP contribution is 2.19. The molecule has 0 aliphatic carbocycles. The van der Waals surface area contributed by atoms with Crippen molar-refractivity contribution in [2.75, 3.05) is 11.5 Å². The minimum absolute atomic E-state index is 0.0997. The molecule has 104 valence electrons. The minimum atomic E-state index is -3.63. The maximum atomic E-state index is 12.0. The molecule has 0 bridgehead atoms. The molecule has 1 aliphatic rings. The van der Waals surface area contributed by atoms with Crippen LogP contribution in [0.5, 0.6) is 0 Å². The van der Waals surface area contributed by atoms with Gasteiger partial charge in [-0.3, -0.25) is 0 Å². The van der Waals surface area contributed by atoms with Crippen molar-refractivity contribution in [3.8, 4) is 6.07 Å². The topological polar surface area (TPSA) is 104 Å². The average Bonchev–Trinajstić information content (AvgIpc) is 2.25. The van der Waals surface area contributed by atoms with E-state index in [9.17, 15) is 16.8 Å². The molecule has 6 nitrogen and oxygen atoms in total. The van der Waals surface area contributed by atoms with Crippen LogP contribution >= 0.6 is 0 Å². The summed E-state index contributed by atoms with van der Waals surface area (Å²) in [5.41, 5.74) is 0. The Bertz CT molecular complexity index is 517. The van der Waals surface area contributed by atoms with Gasteiger partial charge in [-0.2, -0.15) is 9.98 Å². The van der Waals surface area contributed by atoms with Crippen LogP contribution in [0.15, 0.2) is 0 Å². The highest BCUT2D eigenvalue weighted by molar-refractivity contribution is 7.92. The number of hydrogen-bond donors (Lipinski definition) is 1. The lowest BCUT2D eigenvalue weighted by molar-refractivity contribution is 0.500. The lowest BCUT2D eigenvalue weighted by atomic mass is 10.1. The van der Waals surface area contributed by atoms with Crippen LogP contribution in [-0.2, 0) is 19.9 Å². The van der Waals surface area contributed by atoms with Crippen molar-refractivity contribution in [3.05, 3.63) is 0 Å². The van der Waals surface area contributed by atoms with Crippen molar-refractivity contribution in [1.82, 2.24) is 4.72 Å². The Morgan fingerprint density at radius 1 is 1.28 bits per heavy atom. The molecule has 1 atom stereocenters. The summed E-state index contributed by atoms with van der Waals surface area (Å²) in [7, 11) is -6.71. The fourth-order valence-electron chi connectivity index (χ4n) is 1.76. The van der Waals surface area contributed by atoms with Gasteiger partial charge in [-0.25, -0.2) is 16.8 Å².